The number of aromatic nitrogens is 2. The second kappa shape index (κ2) is 8.94. The van der Waals surface area contributed by atoms with Crippen LogP contribution < -0.4 is 10.3 Å². The molecule has 176 valence electrons. The smallest absolute Gasteiger partial charge is 0.290 e. The van der Waals surface area contributed by atoms with E-state index in [1.54, 1.807) is 36.4 Å². The Morgan fingerprint density at radius 3 is 2.58 bits per heavy atom. The summed E-state index contributed by atoms with van der Waals surface area (Å²) in [5, 5.41) is 6.22. The van der Waals surface area contributed by atoms with E-state index in [1.807, 2.05) is 42.5 Å². The van der Waals surface area contributed by atoms with Gasteiger partial charge in [-0.25, -0.2) is 14.8 Å². The van der Waals surface area contributed by atoms with Crippen LogP contribution in [0.1, 0.15) is 10.5 Å². The van der Waals surface area contributed by atoms with Crippen LogP contribution in [0.25, 0.3) is 33.1 Å². The maximum Gasteiger partial charge on any atom is 0.290 e. The monoisotopic (exact) mass is 495 g/mol. The zero-order valence-corrected chi connectivity index (χ0v) is 19.6. The van der Waals surface area contributed by atoms with Crippen molar-refractivity contribution < 1.29 is 14.0 Å². The van der Waals surface area contributed by atoms with Gasteiger partial charge in [0.25, 0.3) is 5.91 Å². The lowest BCUT2D eigenvalue weighted by atomic mass is 10.1. The number of carbonyl (C=O) groups excluding carboxylic acids is 2. The van der Waals surface area contributed by atoms with Gasteiger partial charge in [0.2, 0.25) is 5.91 Å². The Labute approximate surface area is 209 Å². The van der Waals surface area contributed by atoms with Crippen molar-refractivity contribution in [3.63, 3.8) is 0 Å². The first-order valence-corrected chi connectivity index (χ1v) is 12.1. The van der Waals surface area contributed by atoms with E-state index in [4.69, 9.17) is 0 Å². The molecule has 7 nitrogen and oxygen atoms in total. The number of rotatable bonds is 4. The van der Waals surface area contributed by atoms with Gasteiger partial charge in [0.15, 0.2) is 5.17 Å². The lowest BCUT2D eigenvalue weighted by molar-refractivity contribution is -0.115. The molecule has 0 atom stereocenters. The molecule has 6 rings (SSSR count). The highest BCUT2D eigenvalue weighted by molar-refractivity contribution is 8.15. The van der Waals surface area contributed by atoms with Gasteiger partial charge in [0, 0.05) is 21.9 Å². The number of halogens is 1. The molecular formula is C27H18FN5O2S. The van der Waals surface area contributed by atoms with Gasteiger partial charge in [-0.15, -0.1) is 5.10 Å². The number of H-pyrrole nitrogens is 1. The normalized spacial score (nSPS) is 14.8. The molecule has 36 heavy (non-hydrogen) atoms. The van der Waals surface area contributed by atoms with Crippen molar-refractivity contribution in [2.45, 2.75) is 0 Å². The molecule has 0 aliphatic carbocycles. The Morgan fingerprint density at radius 2 is 1.75 bits per heavy atom. The van der Waals surface area contributed by atoms with Crippen LogP contribution in [0.4, 0.5) is 10.1 Å². The summed E-state index contributed by atoms with van der Waals surface area (Å²) in [6, 6.07) is 24.7. The molecule has 0 saturated carbocycles. The van der Waals surface area contributed by atoms with Gasteiger partial charge in [0.1, 0.15) is 11.5 Å². The molecule has 9 heteroatoms. The van der Waals surface area contributed by atoms with Gasteiger partial charge < -0.3 is 4.98 Å². The standard InChI is InChI=1S/C27H18FN5O2S/c28-20-12-6-4-11-18(20)24-25-19(17-10-5-7-13-21(17)29-25)14-22(30-24)26(35)31-32-27-33(23(34)15-36-27)16-8-2-1-3-9-16/h1-14,29H,15H2,(H,31,35)/b32-27-. The molecule has 0 bridgehead atoms. The number of nitrogens with zero attached hydrogens (tertiary/aromatic N) is 3. The van der Waals surface area contributed by atoms with Gasteiger partial charge in [-0.1, -0.05) is 60.3 Å². The number of benzene rings is 3. The van der Waals surface area contributed by atoms with Crippen molar-refractivity contribution in [1.82, 2.24) is 15.4 Å². The highest BCUT2D eigenvalue weighted by atomic mass is 32.2. The number of hydrogen-bond acceptors (Lipinski definition) is 5. The number of hydrazone groups is 1. The highest BCUT2D eigenvalue weighted by Gasteiger charge is 2.30. The maximum absolute atomic E-state index is 14.8. The van der Waals surface area contributed by atoms with E-state index in [9.17, 15) is 14.0 Å². The summed E-state index contributed by atoms with van der Waals surface area (Å²) >= 11 is 1.24. The third-order valence-corrected chi connectivity index (χ3v) is 6.81. The first-order valence-electron chi connectivity index (χ1n) is 11.2. The van der Waals surface area contributed by atoms with Crippen molar-refractivity contribution in [3.8, 4) is 11.3 Å². The Kier molecular flexibility index (Phi) is 5.46. The summed E-state index contributed by atoms with van der Waals surface area (Å²) in [7, 11) is 0. The number of aromatic amines is 1. The highest BCUT2D eigenvalue weighted by Crippen LogP contribution is 2.34. The number of para-hydroxylation sites is 2. The van der Waals surface area contributed by atoms with Gasteiger partial charge in [-0.3, -0.25) is 14.5 Å². The van der Waals surface area contributed by atoms with Gasteiger partial charge in [-0.2, -0.15) is 0 Å². The molecule has 1 saturated heterocycles. The van der Waals surface area contributed by atoms with E-state index in [0.29, 0.717) is 22.1 Å². The number of nitrogens with one attached hydrogen (secondary N) is 2. The summed E-state index contributed by atoms with van der Waals surface area (Å²) < 4.78 is 14.8. The van der Waals surface area contributed by atoms with Crippen molar-refractivity contribution in [2.24, 2.45) is 5.10 Å². The predicted molar refractivity (Wildman–Crippen MR) is 140 cm³/mol. The van der Waals surface area contributed by atoms with Crippen LogP contribution in [0.2, 0.25) is 0 Å². The zero-order chi connectivity index (χ0) is 24.6. The number of amidine groups is 1. The summed E-state index contributed by atoms with van der Waals surface area (Å²) in [4.78, 5) is 34.9. The minimum absolute atomic E-state index is 0.0791. The number of fused-ring (bicyclic) bond motifs is 3. The first kappa shape index (κ1) is 22.0. The minimum atomic E-state index is -0.569. The fourth-order valence-electron chi connectivity index (χ4n) is 4.24. The van der Waals surface area contributed by atoms with Crippen LogP contribution in [0, 0.1) is 5.82 Å². The summed E-state index contributed by atoms with van der Waals surface area (Å²) in [5.74, 6) is -0.914. The second-order valence-corrected chi connectivity index (χ2v) is 9.06. The lowest BCUT2D eigenvalue weighted by Gasteiger charge is -2.15. The first-order chi connectivity index (χ1) is 17.6. The van der Waals surface area contributed by atoms with Crippen LogP contribution >= 0.6 is 11.8 Å². The number of amides is 2. The average molecular weight is 496 g/mol. The van der Waals surface area contributed by atoms with Gasteiger partial charge in [0.05, 0.1) is 22.7 Å². The quantitative estimate of drug-likeness (QED) is 0.331. The maximum atomic E-state index is 14.8. The Hall–Kier alpha value is -4.50. The van der Waals surface area contributed by atoms with Gasteiger partial charge in [-0.05, 0) is 36.4 Å². The van der Waals surface area contributed by atoms with Crippen LogP contribution in [0.15, 0.2) is 90.0 Å². The van der Waals surface area contributed by atoms with Crippen molar-refractivity contribution in [1.29, 1.82) is 0 Å². The molecule has 2 amide bonds. The Balaban J connectivity index is 1.42. The molecule has 1 aliphatic heterocycles. The van der Waals surface area contributed by atoms with Crippen LogP contribution in [-0.2, 0) is 4.79 Å². The molecule has 3 aromatic carbocycles. The molecule has 5 aromatic rings. The molecule has 2 N–H and O–H groups in total. The van der Waals surface area contributed by atoms with Crippen LogP contribution in [0.3, 0.4) is 0 Å². The SMILES string of the molecule is O=C(N/N=C1\SCC(=O)N1c1ccccc1)c1cc2c([nH]c3ccccc32)c(-c2ccccc2F)n1. The molecule has 0 spiro atoms. The molecule has 0 radical (unpaired) electrons. The largest absolute Gasteiger partial charge is 0.353 e. The van der Waals surface area contributed by atoms with Crippen LogP contribution in [0.5, 0.6) is 0 Å². The fraction of sp³-hybridized carbons (Fsp3) is 0.0370. The Morgan fingerprint density at radius 1 is 1.00 bits per heavy atom. The summed E-state index contributed by atoms with van der Waals surface area (Å²) in [6.07, 6.45) is 0. The fourth-order valence-corrected chi connectivity index (χ4v) is 5.07. The van der Waals surface area contributed by atoms with E-state index >= 15 is 0 Å². The minimum Gasteiger partial charge on any atom is -0.353 e. The van der Waals surface area contributed by atoms with Crippen molar-refractivity contribution in [2.75, 3.05) is 10.7 Å². The second-order valence-electron chi connectivity index (χ2n) is 8.12. The number of pyridine rings is 1. The molecule has 3 heterocycles. The number of anilines is 1. The zero-order valence-electron chi connectivity index (χ0n) is 18.7. The number of thioether (sulfide) groups is 1. The van der Waals surface area contributed by atoms with E-state index in [0.717, 1.165) is 16.3 Å². The summed E-state index contributed by atoms with van der Waals surface area (Å²) in [6.45, 7) is 0. The van der Waals surface area contributed by atoms with Crippen molar-refractivity contribution >= 4 is 56.2 Å². The van der Waals surface area contributed by atoms with E-state index in [2.05, 4.69) is 20.5 Å². The number of hydrogen-bond donors (Lipinski definition) is 2. The molecular weight excluding hydrogens is 477 g/mol. The molecule has 1 aliphatic rings. The number of carbonyl (C=O) groups is 2. The third kappa shape index (κ3) is 3.79. The average Bonchev–Trinajstić information content (AvgIpc) is 3.47. The molecule has 2 aromatic heterocycles. The lowest BCUT2D eigenvalue weighted by Crippen LogP contribution is -2.31. The predicted octanol–water partition coefficient (Wildman–Crippen LogP) is 5.30. The molecule has 0 unspecified atom stereocenters. The van der Waals surface area contributed by atoms with Crippen molar-refractivity contribution in [3.05, 3.63) is 96.4 Å². The van der Waals surface area contributed by atoms with E-state index < -0.39 is 11.7 Å². The Bertz CT molecular complexity index is 1680. The van der Waals surface area contributed by atoms with E-state index in [1.165, 1.54) is 22.7 Å². The van der Waals surface area contributed by atoms with E-state index in [-0.39, 0.29) is 22.9 Å². The topological polar surface area (TPSA) is 90.5 Å². The molecule has 1 fully saturated rings. The van der Waals surface area contributed by atoms with Crippen LogP contribution in [-0.4, -0.2) is 32.7 Å². The third-order valence-electron chi connectivity index (χ3n) is 5.89. The van der Waals surface area contributed by atoms with Gasteiger partial charge >= 0.3 is 0 Å². The summed E-state index contributed by atoms with van der Waals surface area (Å²) in [5.41, 5.74) is 5.37.